The van der Waals surface area contributed by atoms with Crippen LogP contribution in [0, 0.1) is 11.8 Å². The molecule has 0 fully saturated rings. The number of aliphatic carboxylic acids is 1. The summed E-state index contributed by atoms with van der Waals surface area (Å²) in [6, 6.07) is -2.62. The van der Waals surface area contributed by atoms with E-state index in [0.717, 1.165) is 6.42 Å². The predicted molar refractivity (Wildman–Crippen MR) is 114 cm³/mol. The second-order valence-electron chi connectivity index (χ2n) is 7.56. The zero-order valence-electron chi connectivity index (χ0n) is 18.0. The molecule has 0 aromatic carbocycles. The highest BCUT2D eigenvalue weighted by Gasteiger charge is 2.27. The molecule has 0 spiro atoms. The molecule has 0 aromatic rings. The number of nitrogens with one attached hydrogen (secondary N) is 3. The van der Waals surface area contributed by atoms with Crippen molar-refractivity contribution in [1.82, 2.24) is 16.0 Å². The van der Waals surface area contributed by atoms with Gasteiger partial charge in [-0.15, -0.1) is 0 Å². The smallest absolute Gasteiger partial charge is 0.326 e. The Morgan fingerprint density at radius 2 is 1.66 bits per heavy atom. The number of nitrogens with two attached hydrogens (primary N) is 1. The van der Waals surface area contributed by atoms with Crippen LogP contribution in [0.2, 0.25) is 0 Å². The molecule has 9 nitrogen and oxygen atoms in total. The molecule has 3 amide bonds. The molecule has 0 aliphatic carbocycles. The number of thioether (sulfide) groups is 1. The standard InChI is InChI=1S/C19H36N4O5S/c1-6-12(4)16(20)18(26)21-10-15(24)22-14(9-11(2)3)17(25)23-13(19(27)28)7-8-29-5/h11-14,16H,6-10,20H2,1-5H3,(H,21,26)(H,22,24)(H,23,25)(H,27,28). The first-order valence-corrected chi connectivity index (χ1v) is 11.3. The Morgan fingerprint density at radius 1 is 1.03 bits per heavy atom. The number of hydrogen-bond donors (Lipinski definition) is 5. The van der Waals surface area contributed by atoms with E-state index in [1.807, 2.05) is 34.0 Å². The number of carboxylic acid groups (broad SMARTS) is 1. The average Bonchev–Trinajstić information content (AvgIpc) is 2.66. The zero-order valence-corrected chi connectivity index (χ0v) is 18.8. The highest BCUT2D eigenvalue weighted by molar-refractivity contribution is 7.98. The number of carbonyl (C=O) groups excluding carboxylic acids is 3. The molecular formula is C19H36N4O5S. The molecule has 6 N–H and O–H groups in total. The van der Waals surface area contributed by atoms with Gasteiger partial charge in [-0.25, -0.2) is 4.79 Å². The lowest BCUT2D eigenvalue weighted by molar-refractivity contribution is -0.142. The van der Waals surface area contributed by atoms with Gasteiger partial charge in [0.2, 0.25) is 17.7 Å². The van der Waals surface area contributed by atoms with Crippen molar-refractivity contribution < 1.29 is 24.3 Å². The van der Waals surface area contributed by atoms with Crippen LogP contribution in [0.15, 0.2) is 0 Å². The van der Waals surface area contributed by atoms with Crippen molar-refractivity contribution in [3.8, 4) is 0 Å². The lowest BCUT2D eigenvalue weighted by Gasteiger charge is -2.23. The summed E-state index contributed by atoms with van der Waals surface area (Å²) in [7, 11) is 0. The highest BCUT2D eigenvalue weighted by atomic mass is 32.2. The van der Waals surface area contributed by atoms with E-state index < -0.39 is 41.8 Å². The van der Waals surface area contributed by atoms with Gasteiger partial charge in [0.1, 0.15) is 12.1 Å². The van der Waals surface area contributed by atoms with E-state index in [9.17, 15) is 24.3 Å². The van der Waals surface area contributed by atoms with E-state index in [2.05, 4.69) is 16.0 Å². The molecule has 0 bridgehead atoms. The largest absolute Gasteiger partial charge is 0.480 e. The van der Waals surface area contributed by atoms with Gasteiger partial charge in [0.15, 0.2) is 0 Å². The number of amides is 3. The zero-order chi connectivity index (χ0) is 22.6. The van der Waals surface area contributed by atoms with Gasteiger partial charge < -0.3 is 26.8 Å². The van der Waals surface area contributed by atoms with Crippen molar-refractivity contribution in [1.29, 1.82) is 0 Å². The van der Waals surface area contributed by atoms with Crippen molar-refractivity contribution in [2.45, 2.75) is 65.1 Å². The van der Waals surface area contributed by atoms with Crippen LogP contribution in [0.1, 0.15) is 47.0 Å². The minimum absolute atomic E-state index is 0.0215. The van der Waals surface area contributed by atoms with Gasteiger partial charge in [-0.3, -0.25) is 14.4 Å². The molecule has 0 saturated heterocycles. The van der Waals surface area contributed by atoms with Gasteiger partial charge >= 0.3 is 5.97 Å². The van der Waals surface area contributed by atoms with Crippen LogP contribution in [0.3, 0.4) is 0 Å². The second kappa shape index (κ2) is 14.2. The molecule has 168 valence electrons. The Balaban J connectivity index is 4.88. The number of carboxylic acids is 1. The summed E-state index contributed by atoms with van der Waals surface area (Å²) in [4.78, 5) is 48.2. The van der Waals surface area contributed by atoms with E-state index in [1.54, 1.807) is 0 Å². The molecule has 0 aliphatic heterocycles. The first-order valence-electron chi connectivity index (χ1n) is 9.88. The molecule has 10 heteroatoms. The lowest BCUT2D eigenvalue weighted by Crippen LogP contribution is -2.54. The van der Waals surface area contributed by atoms with Crippen LogP contribution < -0.4 is 21.7 Å². The van der Waals surface area contributed by atoms with Crippen molar-refractivity contribution >= 4 is 35.5 Å². The van der Waals surface area contributed by atoms with Crippen molar-refractivity contribution in [2.75, 3.05) is 18.6 Å². The van der Waals surface area contributed by atoms with E-state index in [4.69, 9.17) is 5.73 Å². The monoisotopic (exact) mass is 432 g/mol. The first kappa shape index (κ1) is 27.2. The van der Waals surface area contributed by atoms with Crippen molar-refractivity contribution in [2.24, 2.45) is 17.6 Å². The van der Waals surface area contributed by atoms with Gasteiger partial charge in [-0.05, 0) is 36.7 Å². The fourth-order valence-corrected chi connectivity index (χ4v) is 2.98. The summed E-state index contributed by atoms with van der Waals surface area (Å²) in [5.74, 6) is -1.98. The minimum atomic E-state index is -1.12. The Hall–Kier alpha value is -1.81. The molecule has 0 radical (unpaired) electrons. The summed E-state index contributed by atoms with van der Waals surface area (Å²) in [6.07, 6.45) is 3.21. The lowest BCUT2D eigenvalue weighted by atomic mass is 9.99. The molecular weight excluding hydrogens is 396 g/mol. The molecule has 4 unspecified atom stereocenters. The van der Waals surface area contributed by atoms with Crippen LogP contribution in [0.5, 0.6) is 0 Å². The van der Waals surface area contributed by atoms with Gasteiger partial charge in [-0.1, -0.05) is 34.1 Å². The van der Waals surface area contributed by atoms with Gasteiger partial charge in [0, 0.05) is 0 Å². The van der Waals surface area contributed by atoms with Gasteiger partial charge in [-0.2, -0.15) is 11.8 Å². The Morgan fingerprint density at radius 3 is 2.14 bits per heavy atom. The Bertz CT molecular complexity index is 559. The molecule has 0 aliphatic rings. The fourth-order valence-electron chi connectivity index (χ4n) is 2.51. The van der Waals surface area contributed by atoms with Crippen molar-refractivity contribution in [3.05, 3.63) is 0 Å². The molecule has 0 aromatic heterocycles. The van der Waals surface area contributed by atoms with Crippen LogP contribution in [-0.4, -0.2) is 65.5 Å². The van der Waals surface area contributed by atoms with Crippen molar-refractivity contribution in [3.63, 3.8) is 0 Å². The van der Waals surface area contributed by atoms with Gasteiger partial charge in [0.25, 0.3) is 0 Å². The molecule has 0 rings (SSSR count). The maximum atomic E-state index is 12.6. The minimum Gasteiger partial charge on any atom is -0.480 e. The predicted octanol–water partition coefficient (Wildman–Crippen LogP) is 0.329. The van der Waals surface area contributed by atoms with Crippen LogP contribution >= 0.6 is 11.8 Å². The summed E-state index contributed by atoms with van der Waals surface area (Å²) >= 11 is 1.48. The van der Waals surface area contributed by atoms with Crippen LogP contribution in [0.25, 0.3) is 0 Å². The SMILES string of the molecule is CCC(C)C(N)C(=O)NCC(=O)NC(CC(C)C)C(=O)NC(CCSC)C(=O)O. The van der Waals surface area contributed by atoms with E-state index in [-0.39, 0.29) is 24.8 Å². The molecule has 4 atom stereocenters. The van der Waals surface area contributed by atoms with E-state index >= 15 is 0 Å². The second-order valence-corrected chi connectivity index (χ2v) is 8.55. The summed E-state index contributed by atoms with van der Waals surface area (Å²) in [6.45, 7) is 7.25. The molecule has 0 heterocycles. The van der Waals surface area contributed by atoms with Crippen LogP contribution in [-0.2, 0) is 19.2 Å². The third-order valence-electron chi connectivity index (χ3n) is 4.57. The quantitative estimate of drug-likeness (QED) is 0.265. The number of hydrogen-bond acceptors (Lipinski definition) is 6. The summed E-state index contributed by atoms with van der Waals surface area (Å²) < 4.78 is 0. The van der Waals surface area contributed by atoms with Crippen LogP contribution in [0.4, 0.5) is 0 Å². The normalized spacial score (nSPS) is 15.1. The highest BCUT2D eigenvalue weighted by Crippen LogP contribution is 2.08. The maximum Gasteiger partial charge on any atom is 0.326 e. The Kier molecular flexibility index (Phi) is 13.3. The van der Waals surface area contributed by atoms with E-state index in [1.165, 1.54) is 11.8 Å². The fraction of sp³-hybridized carbons (Fsp3) is 0.789. The molecule has 0 saturated carbocycles. The van der Waals surface area contributed by atoms with E-state index in [0.29, 0.717) is 12.2 Å². The third-order valence-corrected chi connectivity index (χ3v) is 5.21. The summed E-state index contributed by atoms with van der Waals surface area (Å²) in [5.41, 5.74) is 5.83. The van der Waals surface area contributed by atoms with Gasteiger partial charge in [0.05, 0.1) is 12.6 Å². The maximum absolute atomic E-state index is 12.6. The number of carbonyl (C=O) groups is 4. The average molecular weight is 433 g/mol. The Labute approximate surface area is 177 Å². The first-order chi connectivity index (χ1) is 13.5. The molecule has 29 heavy (non-hydrogen) atoms. The summed E-state index contributed by atoms with van der Waals surface area (Å²) in [5, 5.41) is 16.8. The number of rotatable bonds is 14. The topological polar surface area (TPSA) is 151 Å². The third kappa shape index (κ3) is 11.1.